The first-order valence-electron chi connectivity index (χ1n) is 6.19. The molecule has 5 nitrogen and oxygen atoms in total. The molecule has 20 heavy (non-hydrogen) atoms. The van der Waals surface area contributed by atoms with Crippen molar-refractivity contribution in [3.8, 4) is 0 Å². The van der Waals surface area contributed by atoms with E-state index < -0.39 is 9.84 Å². The second-order valence-electron chi connectivity index (χ2n) is 4.45. The highest BCUT2D eigenvalue weighted by Gasteiger charge is 2.29. The summed E-state index contributed by atoms with van der Waals surface area (Å²) in [5.41, 5.74) is 0.242. The highest BCUT2D eigenvalue weighted by Crippen LogP contribution is 2.27. The van der Waals surface area contributed by atoms with E-state index in [9.17, 15) is 13.2 Å². The van der Waals surface area contributed by atoms with Crippen LogP contribution in [0.2, 0.25) is 0 Å². The van der Waals surface area contributed by atoms with E-state index >= 15 is 0 Å². The molecular weight excluding hydrogens is 280 g/mol. The lowest BCUT2D eigenvalue weighted by Crippen LogP contribution is -2.14. The molecular formula is C14H16O5S. The van der Waals surface area contributed by atoms with Crippen molar-refractivity contribution in [2.24, 2.45) is 0 Å². The van der Waals surface area contributed by atoms with Gasteiger partial charge in [0, 0.05) is 25.5 Å². The van der Waals surface area contributed by atoms with Gasteiger partial charge in [-0.1, -0.05) is 18.2 Å². The molecule has 0 fully saturated rings. The summed E-state index contributed by atoms with van der Waals surface area (Å²) < 4.78 is 34.6. The highest BCUT2D eigenvalue weighted by atomic mass is 32.2. The molecule has 0 saturated heterocycles. The number of sulfone groups is 1. The fourth-order valence-electron chi connectivity index (χ4n) is 2.04. The van der Waals surface area contributed by atoms with Crippen molar-refractivity contribution in [1.29, 1.82) is 0 Å². The molecule has 0 aliphatic heterocycles. The minimum atomic E-state index is -3.53. The van der Waals surface area contributed by atoms with Crippen LogP contribution in [0.15, 0.2) is 46.6 Å². The summed E-state index contributed by atoms with van der Waals surface area (Å²) in [6, 6.07) is 8.09. The molecule has 6 heteroatoms. The van der Waals surface area contributed by atoms with Crippen LogP contribution in [-0.2, 0) is 24.1 Å². The number of Topliss-reactive ketones (excluding diaryl/α,β-unsaturated/α-hetero) is 1. The third-order valence-corrected chi connectivity index (χ3v) is 4.70. The van der Waals surface area contributed by atoms with Crippen LogP contribution in [0.25, 0.3) is 0 Å². The Morgan fingerprint density at radius 1 is 1.15 bits per heavy atom. The van der Waals surface area contributed by atoms with E-state index in [2.05, 4.69) is 0 Å². The molecule has 0 saturated carbocycles. The molecule has 0 atom stereocenters. The Labute approximate surface area is 118 Å². The molecule has 2 rings (SSSR count). The van der Waals surface area contributed by atoms with Crippen LogP contribution in [-0.4, -0.2) is 33.9 Å². The Hall–Kier alpha value is -1.66. The smallest absolute Gasteiger partial charge is 0.188 e. The first-order chi connectivity index (χ1) is 9.54. The summed E-state index contributed by atoms with van der Waals surface area (Å²) in [7, 11) is -2.06. The highest BCUT2D eigenvalue weighted by molar-refractivity contribution is 7.91. The van der Waals surface area contributed by atoms with Gasteiger partial charge in [0.25, 0.3) is 0 Å². The van der Waals surface area contributed by atoms with E-state index in [0.717, 1.165) is 0 Å². The van der Waals surface area contributed by atoms with Crippen LogP contribution in [0.5, 0.6) is 0 Å². The van der Waals surface area contributed by atoms with Gasteiger partial charge in [-0.25, -0.2) is 8.42 Å². The topological polar surface area (TPSA) is 69.7 Å². The molecule has 1 aromatic carbocycles. The van der Waals surface area contributed by atoms with Crippen LogP contribution >= 0.6 is 0 Å². The second-order valence-corrected chi connectivity index (χ2v) is 6.44. The van der Waals surface area contributed by atoms with Crippen molar-refractivity contribution in [2.45, 2.75) is 17.7 Å². The standard InChI is InChI=1S/C14H16O5S/c1-18-10-19-14-8-7-13(15)12(14)9-20(16,17)11-5-3-2-4-6-11/h2-6H,7-10H2,1H3. The van der Waals surface area contributed by atoms with Crippen molar-refractivity contribution < 1.29 is 22.7 Å². The Morgan fingerprint density at radius 2 is 1.85 bits per heavy atom. The Morgan fingerprint density at radius 3 is 2.50 bits per heavy atom. The molecule has 0 bridgehead atoms. The van der Waals surface area contributed by atoms with Crippen molar-refractivity contribution in [3.63, 3.8) is 0 Å². The summed E-state index contributed by atoms with van der Waals surface area (Å²) in [5.74, 6) is -0.0681. The first kappa shape index (κ1) is 14.7. The Bertz CT molecular complexity index is 616. The van der Waals surface area contributed by atoms with Crippen molar-refractivity contribution in [2.75, 3.05) is 19.7 Å². The molecule has 0 aromatic heterocycles. The quantitative estimate of drug-likeness (QED) is 0.747. The number of rotatable bonds is 6. The summed E-state index contributed by atoms with van der Waals surface area (Å²) in [4.78, 5) is 12.0. The van der Waals surface area contributed by atoms with Gasteiger partial charge < -0.3 is 9.47 Å². The van der Waals surface area contributed by atoms with E-state index in [4.69, 9.17) is 9.47 Å². The summed E-state index contributed by atoms with van der Waals surface area (Å²) in [6.45, 7) is 0.0114. The zero-order valence-electron chi connectivity index (χ0n) is 11.2. The van der Waals surface area contributed by atoms with Gasteiger partial charge in [0.15, 0.2) is 22.4 Å². The van der Waals surface area contributed by atoms with Gasteiger partial charge in [0.2, 0.25) is 0 Å². The van der Waals surface area contributed by atoms with Crippen LogP contribution in [0.4, 0.5) is 0 Å². The molecule has 0 heterocycles. The fourth-order valence-corrected chi connectivity index (χ4v) is 3.48. The van der Waals surface area contributed by atoms with Gasteiger partial charge in [0.05, 0.1) is 10.6 Å². The number of ether oxygens (including phenoxy) is 2. The van der Waals surface area contributed by atoms with Crippen LogP contribution < -0.4 is 0 Å². The maximum absolute atomic E-state index is 12.3. The molecule has 1 aliphatic rings. The molecule has 1 aromatic rings. The third-order valence-electron chi connectivity index (χ3n) is 3.04. The average Bonchev–Trinajstić information content (AvgIpc) is 2.78. The van der Waals surface area contributed by atoms with Crippen LogP contribution in [0.3, 0.4) is 0 Å². The third kappa shape index (κ3) is 3.26. The zero-order chi connectivity index (χ0) is 14.6. The van der Waals surface area contributed by atoms with Crippen molar-refractivity contribution in [3.05, 3.63) is 41.7 Å². The molecule has 0 unspecified atom stereocenters. The number of carbonyl (C=O) groups is 1. The number of hydrogen-bond acceptors (Lipinski definition) is 5. The number of hydrogen-bond donors (Lipinski definition) is 0. The number of carbonyl (C=O) groups excluding carboxylic acids is 1. The number of methoxy groups -OCH3 is 1. The van der Waals surface area contributed by atoms with Gasteiger partial charge in [-0.2, -0.15) is 0 Å². The monoisotopic (exact) mass is 296 g/mol. The van der Waals surface area contributed by atoms with Crippen molar-refractivity contribution >= 4 is 15.6 Å². The van der Waals surface area contributed by atoms with Gasteiger partial charge in [-0.3, -0.25) is 4.79 Å². The van der Waals surface area contributed by atoms with E-state index in [0.29, 0.717) is 18.6 Å². The normalized spacial score (nSPS) is 15.8. The molecule has 1 aliphatic carbocycles. The van der Waals surface area contributed by atoms with Crippen LogP contribution in [0, 0.1) is 0 Å². The Balaban J connectivity index is 2.25. The molecule has 0 amide bonds. The van der Waals surface area contributed by atoms with Gasteiger partial charge in [0.1, 0.15) is 5.76 Å². The van der Waals surface area contributed by atoms with E-state index in [-0.39, 0.29) is 28.8 Å². The minimum absolute atomic E-state index is 0.0114. The Kier molecular flexibility index (Phi) is 4.57. The molecule has 0 radical (unpaired) electrons. The second kappa shape index (κ2) is 6.19. The van der Waals surface area contributed by atoms with Crippen molar-refractivity contribution in [1.82, 2.24) is 0 Å². The maximum atomic E-state index is 12.3. The number of benzene rings is 1. The summed E-state index contributed by atoms with van der Waals surface area (Å²) in [6.07, 6.45) is 0.723. The lowest BCUT2D eigenvalue weighted by atomic mass is 10.2. The minimum Gasteiger partial charge on any atom is -0.471 e. The first-order valence-corrected chi connectivity index (χ1v) is 7.84. The largest absolute Gasteiger partial charge is 0.471 e. The zero-order valence-corrected chi connectivity index (χ0v) is 12.0. The SMILES string of the molecule is COCOC1=C(CS(=O)(=O)c2ccccc2)C(=O)CC1. The fraction of sp³-hybridized carbons (Fsp3) is 0.357. The van der Waals surface area contributed by atoms with E-state index in [1.807, 2.05) is 0 Å². The van der Waals surface area contributed by atoms with Crippen LogP contribution in [0.1, 0.15) is 12.8 Å². The summed E-state index contributed by atoms with van der Waals surface area (Å²) in [5, 5.41) is 0. The van der Waals surface area contributed by atoms with Gasteiger partial charge in [-0.15, -0.1) is 0 Å². The predicted octanol–water partition coefficient (Wildman–Crippen LogP) is 1.70. The summed E-state index contributed by atoms with van der Waals surface area (Å²) >= 11 is 0. The lowest BCUT2D eigenvalue weighted by molar-refractivity contribution is -0.114. The number of allylic oxidation sites excluding steroid dienone is 1. The predicted molar refractivity (Wildman–Crippen MR) is 72.7 cm³/mol. The van der Waals surface area contributed by atoms with E-state index in [1.54, 1.807) is 18.2 Å². The van der Waals surface area contributed by atoms with Gasteiger partial charge >= 0.3 is 0 Å². The molecule has 0 N–H and O–H groups in total. The number of ketones is 1. The molecule has 108 valence electrons. The lowest BCUT2D eigenvalue weighted by Gasteiger charge is -2.09. The van der Waals surface area contributed by atoms with Gasteiger partial charge in [-0.05, 0) is 12.1 Å². The van der Waals surface area contributed by atoms with E-state index in [1.165, 1.54) is 19.2 Å². The molecule has 0 spiro atoms. The maximum Gasteiger partial charge on any atom is 0.188 e. The average molecular weight is 296 g/mol.